The number of anilines is 1. The van der Waals surface area contributed by atoms with E-state index in [1.165, 1.54) is 0 Å². The average Bonchev–Trinajstić information content (AvgIpc) is 2.50. The number of benzene rings is 2. The lowest BCUT2D eigenvalue weighted by molar-refractivity contribution is -0.112. The molecule has 3 heteroatoms. The zero-order valence-electron chi connectivity index (χ0n) is 11.4. The Bertz CT molecular complexity index is 578. The molecule has 0 aliphatic rings. The van der Waals surface area contributed by atoms with Crippen molar-refractivity contribution in [1.29, 1.82) is 0 Å². The summed E-state index contributed by atoms with van der Waals surface area (Å²) in [7, 11) is 0. The molecule has 0 aromatic heterocycles. The number of amides is 1. The van der Waals surface area contributed by atoms with Crippen LogP contribution in [0.5, 0.6) is 0 Å². The molecule has 0 spiro atoms. The molecule has 2 nitrogen and oxygen atoms in total. The van der Waals surface area contributed by atoms with Crippen LogP contribution in [-0.4, -0.2) is 5.91 Å². The first-order valence-electron chi connectivity index (χ1n) is 6.56. The van der Waals surface area contributed by atoms with Gasteiger partial charge in [-0.05, 0) is 36.1 Å². The van der Waals surface area contributed by atoms with Gasteiger partial charge >= 0.3 is 0 Å². The van der Waals surface area contributed by atoms with Gasteiger partial charge in [-0.1, -0.05) is 55.1 Å². The van der Waals surface area contributed by atoms with E-state index >= 15 is 0 Å². The molecule has 20 heavy (non-hydrogen) atoms. The monoisotopic (exact) mass is 283 g/mol. The molecular weight excluding hydrogens is 266 g/mol. The first kappa shape index (κ1) is 14.4. The average molecular weight is 283 g/mol. The standard InChI is InChI=1S/C17H17NOS/c1-2-14(13-20-16-11-7-4-8-12-16)17(19)18-15-9-5-3-6-10-15/h3-13H,2H2,1H3,(H,18,19)/b14-13+. The van der Waals surface area contributed by atoms with Gasteiger partial charge in [-0.2, -0.15) is 0 Å². The summed E-state index contributed by atoms with van der Waals surface area (Å²) in [5.41, 5.74) is 1.60. The van der Waals surface area contributed by atoms with Crippen molar-refractivity contribution in [2.75, 3.05) is 5.32 Å². The molecule has 2 rings (SSSR count). The van der Waals surface area contributed by atoms with Crippen LogP contribution < -0.4 is 5.32 Å². The smallest absolute Gasteiger partial charge is 0.252 e. The van der Waals surface area contributed by atoms with Crippen LogP contribution in [0.25, 0.3) is 0 Å². The molecule has 102 valence electrons. The molecule has 0 fully saturated rings. The molecule has 0 heterocycles. The first-order chi connectivity index (χ1) is 9.79. The van der Waals surface area contributed by atoms with E-state index in [0.717, 1.165) is 16.2 Å². The zero-order valence-corrected chi connectivity index (χ0v) is 12.2. The predicted octanol–water partition coefficient (Wildman–Crippen LogP) is 4.71. The van der Waals surface area contributed by atoms with E-state index in [0.29, 0.717) is 6.42 Å². The maximum absolute atomic E-state index is 12.2. The van der Waals surface area contributed by atoms with E-state index in [-0.39, 0.29) is 5.91 Å². The fourth-order valence-electron chi connectivity index (χ4n) is 1.67. The van der Waals surface area contributed by atoms with Gasteiger partial charge in [-0.3, -0.25) is 4.79 Å². The summed E-state index contributed by atoms with van der Waals surface area (Å²) in [4.78, 5) is 13.3. The minimum Gasteiger partial charge on any atom is -0.322 e. The molecule has 0 unspecified atom stereocenters. The third-order valence-corrected chi connectivity index (χ3v) is 3.73. The van der Waals surface area contributed by atoms with Gasteiger partial charge in [0.1, 0.15) is 0 Å². The van der Waals surface area contributed by atoms with Crippen molar-refractivity contribution in [3.8, 4) is 0 Å². The maximum atomic E-state index is 12.2. The van der Waals surface area contributed by atoms with Crippen LogP contribution in [0.4, 0.5) is 5.69 Å². The number of nitrogens with one attached hydrogen (secondary N) is 1. The molecule has 0 radical (unpaired) electrons. The van der Waals surface area contributed by atoms with Crippen molar-refractivity contribution in [2.45, 2.75) is 18.2 Å². The van der Waals surface area contributed by atoms with Crippen LogP contribution in [-0.2, 0) is 4.79 Å². The number of hydrogen-bond donors (Lipinski definition) is 1. The van der Waals surface area contributed by atoms with Gasteiger partial charge < -0.3 is 5.32 Å². The van der Waals surface area contributed by atoms with Gasteiger partial charge in [0.05, 0.1) is 0 Å². The first-order valence-corrected chi connectivity index (χ1v) is 7.44. The Morgan fingerprint density at radius 2 is 1.65 bits per heavy atom. The van der Waals surface area contributed by atoms with Crippen molar-refractivity contribution >= 4 is 23.4 Å². The summed E-state index contributed by atoms with van der Waals surface area (Å²) in [6.07, 6.45) is 0.707. The molecular formula is C17H17NOS. The highest BCUT2D eigenvalue weighted by atomic mass is 32.2. The van der Waals surface area contributed by atoms with Gasteiger partial charge in [0.25, 0.3) is 5.91 Å². The van der Waals surface area contributed by atoms with Gasteiger partial charge in [-0.15, -0.1) is 0 Å². The molecule has 0 bridgehead atoms. The van der Waals surface area contributed by atoms with Crippen LogP contribution >= 0.6 is 11.8 Å². The van der Waals surface area contributed by atoms with Crippen LogP contribution in [0.3, 0.4) is 0 Å². The van der Waals surface area contributed by atoms with Crippen molar-refractivity contribution in [1.82, 2.24) is 0 Å². The summed E-state index contributed by atoms with van der Waals surface area (Å²) in [6, 6.07) is 19.5. The van der Waals surface area contributed by atoms with E-state index in [1.54, 1.807) is 11.8 Å². The summed E-state index contributed by atoms with van der Waals surface area (Å²) in [5.74, 6) is -0.0397. The highest BCUT2D eigenvalue weighted by Gasteiger charge is 2.07. The summed E-state index contributed by atoms with van der Waals surface area (Å²) >= 11 is 1.57. The van der Waals surface area contributed by atoms with Crippen molar-refractivity contribution in [2.24, 2.45) is 0 Å². The quantitative estimate of drug-likeness (QED) is 0.636. The van der Waals surface area contributed by atoms with E-state index in [2.05, 4.69) is 5.32 Å². The number of rotatable bonds is 5. The largest absolute Gasteiger partial charge is 0.322 e. The zero-order chi connectivity index (χ0) is 14.2. The second-order valence-electron chi connectivity index (χ2n) is 4.25. The Hall–Kier alpha value is -2.00. The number of carbonyl (C=O) groups is 1. The predicted molar refractivity (Wildman–Crippen MR) is 85.7 cm³/mol. The minimum atomic E-state index is -0.0397. The van der Waals surface area contributed by atoms with Crippen molar-refractivity contribution in [3.05, 3.63) is 71.6 Å². The van der Waals surface area contributed by atoms with E-state index in [4.69, 9.17) is 0 Å². The minimum absolute atomic E-state index is 0.0397. The van der Waals surface area contributed by atoms with Crippen LogP contribution in [0.2, 0.25) is 0 Å². The second kappa shape index (κ2) is 7.56. The summed E-state index contributed by atoms with van der Waals surface area (Å²) in [6.45, 7) is 1.99. The normalized spacial score (nSPS) is 11.2. The molecule has 2 aromatic rings. The van der Waals surface area contributed by atoms with Crippen LogP contribution in [0.1, 0.15) is 13.3 Å². The Labute approximate surface area is 123 Å². The Morgan fingerprint density at radius 3 is 2.25 bits per heavy atom. The lowest BCUT2D eigenvalue weighted by Crippen LogP contribution is -2.13. The van der Waals surface area contributed by atoms with Gasteiger partial charge in [0.15, 0.2) is 0 Å². The molecule has 0 atom stereocenters. The van der Waals surface area contributed by atoms with Gasteiger partial charge in [0.2, 0.25) is 0 Å². The van der Waals surface area contributed by atoms with E-state index < -0.39 is 0 Å². The Morgan fingerprint density at radius 1 is 1.05 bits per heavy atom. The van der Waals surface area contributed by atoms with E-state index in [1.807, 2.05) is 73.0 Å². The SMILES string of the molecule is CC/C(=C\Sc1ccccc1)C(=O)Nc1ccccc1. The lowest BCUT2D eigenvalue weighted by atomic mass is 10.2. The molecule has 1 N–H and O–H groups in total. The summed E-state index contributed by atoms with van der Waals surface area (Å²) in [5, 5.41) is 4.83. The highest BCUT2D eigenvalue weighted by molar-refractivity contribution is 8.02. The number of carbonyl (C=O) groups excluding carboxylic acids is 1. The fraction of sp³-hybridized carbons (Fsp3) is 0.118. The number of para-hydroxylation sites is 1. The fourth-order valence-corrected chi connectivity index (χ4v) is 2.53. The molecule has 0 saturated carbocycles. The van der Waals surface area contributed by atoms with Crippen LogP contribution in [0, 0.1) is 0 Å². The van der Waals surface area contributed by atoms with E-state index in [9.17, 15) is 4.79 Å². The highest BCUT2D eigenvalue weighted by Crippen LogP contribution is 2.21. The molecule has 2 aromatic carbocycles. The molecule has 1 amide bonds. The van der Waals surface area contributed by atoms with Gasteiger partial charge in [-0.25, -0.2) is 0 Å². The third-order valence-electron chi connectivity index (χ3n) is 2.78. The third kappa shape index (κ3) is 4.28. The topological polar surface area (TPSA) is 29.1 Å². The second-order valence-corrected chi connectivity index (χ2v) is 5.19. The molecule has 0 aliphatic carbocycles. The van der Waals surface area contributed by atoms with Gasteiger partial charge in [0, 0.05) is 16.2 Å². The molecule has 0 saturated heterocycles. The lowest BCUT2D eigenvalue weighted by Gasteiger charge is -2.07. The van der Waals surface area contributed by atoms with Crippen molar-refractivity contribution in [3.63, 3.8) is 0 Å². The molecule has 0 aliphatic heterocycles. The maximum Gasteiger partial charge on any atom is 0.252 e. The number of thioether (sulfide) groups is 1. The Kier molecular flexibility index (Phi) is 5.44. The Balaban J connectivity index is 2.02. The van der Waals surface area contributed by atoms with Crippen molar-refractivity contribution < 1.29 is 4.79 Å². The van der Waals surface area contributed by atoms with Crippen LogP contribution in [0.15, 0.2) is 76.5 Å². The number of hydrogen-bond acceptors (Lipinski definition) is 2. The summed E-state index contributed by atoms with van der Waals surface area (Å²) < 4.78 is 0.